The van der Waals surface area contributed by atoms with Crippen LogP contribution in [0.4, 0.5) is 4.39 Å². The Bertz CT molecular complexity index is 573. The first-order valence-electron chi connectivity index (χ1n) is 5.89. The van der Waals surface area contributed by atoms with Crippen LogP contribution >= 0.6 is 12.2 Å². The van der Waals surface area contributed by atoms with E-state index in [0.717, 1.165) is 25.0 Å². The topological polar surface area (TPSA) is 72.2 Å². The van der Waals surface area contributed by atoms with Crippen molar-refractivity contribution in [2.45, 2.75) is 37.6 Å². The van der Waals surface area contributed by atoms with E-state index in [2.05, 4.69) is 16.9 Å². The minimum atomic E-state index is -3.69. The average Bonchev–Trinajstić information content (AvgIpc) is 2.28. The summed E-state index contributed by atoms with van der Waals surface area (Å²) < 4.78 is 40.1. The quantitative estimate of drug-likeness (QED) is 0.788. The number of sulfonamides is 1. The highest BCUT2D eigenvalue weighted by Crippen LogP contribution is 2.16. The van der Waals surface area contributed by atoms with Gasteiger partial charge in [-0.1, -0.05) is 25.6 Å². The standard InChI is InChI=1S/C12H17FN2O2S2/c1-3-4-8(2)15-19(16,17)9-5-6-11(13)10(7-9)12(14)18/h5-8,15H,3-4H2,1-2H3,(H2,14,18). The molecule has 0 saturated heterocycles. The number of benzene rings is 1. The molecule has 4 nitrogen and oxygen atoms in total. The zero-order valence-electron chi connectivity index (χ0n) is 10.8. The van der Waals surface area contributed by atoms with Gasteiger partial charge in [-0.15, -0.1) is 0 Å². The fourth-order valence-electron chi connectivity index (χ4n) is 1.69. The Morgan fingerprint density at radius 2 is 2.16 bits per heavy atom. The summed E-state index contributed by atoms with van der Waals surface area (Å²) in [5.74, 6) is -0.631. The molecule has 1 aromatic rings. The molecular formula is C12H17FN2O2S2. The normalized spacial score (nSPS) is 13.2. The summed E-state index contributed by atoms with van der Waals surface area (Å²) in [6, 6.07) is 3.21. The lowest BCUT2D eigenvalue weighted by Gasteiger charge is -2.14. The molecule has 0 spiro atoms. The van der Waals surface area contributed by atoms with Crippen molar-refractivity contribution in [3.05, 3.63) is 29.6 Å². The maximum atomic E-state index is 13.4. The van der Waals surface area contributed by atoms with E-state index in [1.807, 2.05) is 6.92 Å². The van der Waals surface area contributed by atoms with Crippen molar-refractivity contribution in [2.24, 2.45) is 5.73 Å². The highest BCUT2D eigenvalue weighted by atomic mass is 32.2. The van der Waals surface area contributed by atoms with Crippen LogP contribution in [-0.4, -0.2) is 19.4 Å². The van der Waals surface area contributed by atoms with Crippen LogP contribution in [0, 0.1) is 5.82 Å². The van der Waals surface area contributed by atoms with Crippen molar-refractivity contribution in [1.29, 1.82) is 0 Å². The Balaban J connectivity index is 3.08. The van der Waals surface area contributed by atoms with Gasteiger partial charge in [0.15, 0.2) is 0 Å². The summed E-state index contributed by atoms with van der Waals surface area (Å²) >= 11 is 4.68. The van der Waals surface area contributed by atoms with Crippen molar-refractivity contribution >= 4 is 27.2 Å². The fraction of sp³-hybridized carbons (Fsp3) is 0.417. The second-order valence-corrected chi connectivity index (χ2v) is 6.47. The fourth-order valence-corrected chi connectivity index (χ4v) is 3.15. The first-order valence-corrected chi connectivity index (χ1v) is 7.78. The molecule has 0 aliphatic carbocycles. The molecule has 0 saturated carbocycles. The minimum Gasteiger partial charge on any atom is -0.389 e. The van der Waals surface area contributed by atoms with Crippen LogP contribution in [0.2, 0.25) is 0 Å². The Morgan fingerprint density at radius 1 is 1.53 bits per heavy atom. The number of hydrogen-bond donors (Lipinski definition) is 2. The van der Waals surface area contributed by atoms with Crippen LogP contribution in [0.25, 0.3) is 0 Å². The zero-order chi connectivity index (χ0) is 14.6. The van der Waals surface area contributed by atoms with E-state index in [1.54, 1.807) is 6.92 Å². The van der Waals surface area contributed by atoms with E-state index < -0.39 is 15.8 Å². The highest BCUT2D eigenvalue weighted by molar-refractivity contribution is 7.89. The van der Waals surface area contributed by atoms with E-state index in [0.29, 0.717) is 0 Å². The van der Waals surface area contributed by atoms with Crippen molar-refractivity contribution < 1.29 is 12.8 Å². The molecule has 19 heavy (non-hydrogen) atoms. The molecule has 0 fully saturated rings. The smallest absolute Gasteiger partial charge is 0.240 e. The van der Waals surface area contributed by atoms with E-state index in [9.17, 15) is 12.8 Å². The second-order valence-electron chi connectivity index (χ2n) is 4.32. The van der Waals surface area contributed by atoms with Crippen molar-refractivity contribution in [2.75, 3.05) is 0 Å². The lowest BCUT2D eigenvalue weighted by Crippen LogP contribution is -2.32. The lowest BCUT2D eigenvalue weighted by atomic mass is 10.2. The lowest BCUT2D eigenvalue weighted by molar-refractivity contribution is 0.543. The third-order valence-corrected chi connectivity index (χ3v) is 4.40. The number of nitrogens with one attached hydrogen (secondary N) is 1. The molecule has 1 unspecified atom stereocenters. The molecule has 3 N–H and O–H groups in total. The summed E-state index contributed by atoms with van der Waals surface area (Å²) in [6.07, 6.45) is 1.59. The molecule has 0 aliphatic rings. The second kappa shape index (κ2) is 6.40. The summed E-state index contributed by atoms with van der Waals surface area (Å²) in [6.45, 7) is 3.74. The predicted molar refractivity (Wildman–Crippen MR) is 77.0 cm³/mol. The van der Waals surface area contributed by atoms with Gasteiger partial charge in [0.05, 0.1) is 4.90 Å². The Hall–Kier alpha value is -1.05. The number of thiocarbonyl (C=S) groups is 1. The molecule has 0 heterocycles. The molecule has 0 aromatic heterocycles. The third kappa shape index (κ3) is 4.22. The summed E-state index contributed by atoms with van der Waals surface area (Å²) in [4.78, 5) is -0.212. The summed E-state index contributed by atoms with van der Waals surface area (Å²) in [5, 5.41) is 0. The maximum Gasteiger partial charge on any atom is 0.240 e. The van der Waals surface area contributed by atoms with Gasteiger partial charge in [0, 0.05) is 11.6 Å². The number of halogens is 1. The predicted octanol–water partition coefficient (Wildman–Crippen LogP) is 1.93. The molecule has 1 aromatic carbocycles. The average molecular weight is 304 g/mol. The SMILES string of the molecule is CCCC(C)NS(=O)(=O)c1ccc(F)c(C(N)=S)c1. The van der Waals surface area contributed by atoms with Gasteiger partial charge in [-0.2, -0.15) is 0 Å². The largest absolute Gasteiger partial charge is 0.389 e. The first-order chi connectivity index (χ1) is 8.77. The van der Waals surface area contributed by atoms with Gasteiger partial charge in [0.1, 0.15) is 10.8 Å². The van der Waals surface area contributed by atoms with Crippen molar-refractivity contribution in [3.63, 3.8) is 0 Å². The van der Waals surface area contributed by atoms with Crippen LogP contribution in [0.1, 0.15) is 32.3 Å². The van der Waals surface area contributed by atoms with Gasteiger partial charge in [-0.25, -0.2) is 17.5 Å². The van der Waals surface area contributed by atoms with Gasteiger partial charge in [0.25, 0.3) is 0 Å². The van der Waals surface area contributed by atoms with Crippen LogP contribution in [-0.2, 0) is 10.0 Å². The Kier molecular flexibility index (Phi) is 5.39. The van der Waals surface area contributed by atoms with Gasteiger partial charge < -0.3 is 5.73 Å². The molecular weight excluding hydrogens is 287 g/mol. The zero-order valence-corrected chi connectivity index (χ0v) is 12.4. The Labute approximate surface area is 118 Å². The van der Waals surface area contributed by atoms with Crippen LogP contribution in [0.3, 0.4) is 0 Å². The Morgan fingerprint density at radius 3 is 2.68 bits per heavy atom. The first kappa shape index (κ1) is 16.0. The number of hydrogen-bond acceptors (Lipinski definition) is 3. The minimum absolute atomic E-state index is 0.0420. The van der Waals surface area contributed by atoms with Crippen LogP contribution in [0.5, 0.6) is 0 Å². The maximum absolute atomic E-state index is 13.4. The molecule has 0 amide bonds. The van der Waals surface area contributed by atoms with E-state index in [4.69, 9.17) is 5.73 Å². The van der Waals surface area contributed by atoms with Gasteiger partial charge in [-0.3, -0.25) is 0 Å². The third-order valence-electron chi connectivity index (χ3n) is 2.59. The molecule has 0 radical (unpaired) electrons. The van der Waals surface area contributed by atoms with Gasteiger partial charge in [-0.05, 0) is 31.5 Å². The van der Waals surface area contributed by atoms with Gasteiger partial charge in [0.2, 0.25) is 10.0 Å². The molecule has 0 aliphatic heterocycles. The van der Waals surface area contributed by atoms with E-state index >= 15 is 0 Å². The van der Waals surface area contributed by atoms with Crippen LogP contribution < -0.4 is 10.5 Å². The summed E-state index contributed by atoms with van der Waals surface area (Å²) in [7, 11) is -3.69. The van der Waals surface area contributed by atoms with E-state index in [1.165, 1.54) is 6.07 Å². The molecule has 1 rings (SSSR count). The molecule has 1 atom stereocenters. The van der Waals surface area contributed by atoms with Gasteiger partial charge >= 0.3 is 0 Å². The number of rotatable bonds is 6. The van der Waals surface area contributed by atoms with Crippen LogP contribution in [0.15, 0.2) is 23.1 Å². The monoisotopic (exact) mass is 304 g/mol. The van der Waals surface area contributed by atoms with Crippen molar-refractivity contribution in [1.82, 2.24) is 4.72 Å². The molecule has 0 bridgehead atoms. The molecule has 106 valence electrons. The summed E-state index contributed by atoms with van der Waals surface area (Å²) in [5.41, 5.74) is 5.28. The molecule has 7 heteroatoms. The highest BCUT2D eigenvalue weighted by Gasteiger charge is 2.19. The number of nitrogens with two attached hydrogens (primary N) is 1. The van der Waals surface area contributed by atoms with E-state index in [-0.39, 0.29) is 21.5 Å². The van der Waals surface area contributed by atoms with Crippen molar-refractivity contribution in [3.8, 4) is 0 Å².